The molecule has 4 saturated carbocycles. The molecule has 0 aromatic heterocycles. The second kappa shape index (κ2) is 4.02. The first-order valence-corrected chi connectivity index (χ1v) is 7.53. The third kappa shape index (κ3) is 1.73. The summed E-state index contributed by atoms with van der Waals surface area (Å²) in [6.07, 6.45) is 8.28. The first-order valence-electron chi connectivity index (χ1n) is 6.61. The van der Waals surface area contributed by atoms with Gasteiger partial charge >= 0.3 is 0 Å². The summed E-state index contributed by atoms with van der Waals surface area (Å²) in [5.74, 6) is 2.79. The molecule has 4 aliphatic carbocycles. The molecule has 0 saturated heterocycles. The van der Waals surface area contributed by atoms with Crippen molar-refractivity contribution in [1.82, 2.24) is 4.90 Å². The predicted molar refractivity (Wildman–Crippen MR) is 71.3 cm³/mol. The lowest BCUT2D eigenvalue weighted by Gasteiger charge is -2.60. The molecule has 0 heterocycles. The quantitative estimate of drug-likeness (QED) is 0.727. The van der Waals surface area contributed by atoms with Crippen LogP contribution in [0, 0.1) is 29.1 Å². The Hall–Kier alpha value is -0.490. The van der Waals surface area contributed by atoms with Crippen LogP contribution >= 0.6 is 15.9 Å². The van der Waals surface area contributed by atoms with E-state index in [1.807, 2.05) is 0 Å². The van der Waals surface area contributed by atoms with Crippen LogP contribution in [0.2, 0.25) is 0 Å². The van der Waals surface area contributed by atoms with Crippen molar-refractivity contribution < 1.29 is 0 Å². The molecule has 4 rings (SSSR count). The Morgan fingerprint density at radius 1 is 1.24 bits per heavy atom. The predicted octanol–water partition coefficient (Wildman–Crippen LogP) is 3.65. The molecule has 4 fully saturated rings. The van der Waals surface area contributed by atoms with Crippen molar-refractivity contribution in [3.8, 4) is 6.07 Å². The number of nitrogens with zero attached hydrogens (tertiary/aromatic N) is 2. The van der Waals surface area contributed by atoms with Gasteiger partial charge in [-0.1, -0.05) is 15.9 Å². The maximum absolute atomic E-state index is 9.21. The first kappa shape index (κ1) is 11.6. The number of halogens is 1. The average molecular weight is 295 g/mol. The molecule has 0 N–H and O–H groups in total. The smallest absolute Gasteiger partial charge is 0.123 e. The van der Waals surface area contributed by atoms with Gasteiger partial charge in [-0.3, -0.25) is 0 Å². The van der Waals surface area contributed by atoms with E-state index in [2.05, 4.69) is 33.9 Å². The maximum Gasteiger partial charge on any atom is 0.123 e. The minimum atomic E-state index is 0.296. The molecule has 0 aliphatic heterocycles. The van der Waals surface area contributed by atoms with Crippen LogP contribution in [0.3, 0.4) is 0 Å². The Balaban J connectivity index is 1.89. The van der Waals surface area contributed by atoms with Crippen molar-refractivity contribution in [2.45, 2.75) is 44.1 Å². The Bertz CT molecular complexity index is 358. The summed E-state index contributed by atoms with van der Waals surface area (Å²) in [6, 6.07) is 2.32. The van der Waals surface area contributed by atoms with Crippen molar-refractivity contribution in [3.05, 3.63) is 10.7 Å². The zero-order valence-corrected chi connectivity index (χ0v) is 11.9. The monoisotopic (exact) mass is 294 g/mol. The molecule has 3 heteroatoms. The average Bonchev–Trinajstić information content (AvgIpc) is 2.28. The summed E-state index contributed by atoms with van der Waals surface area (Å²) in [7, 11) is 2.11. The highest BCUT2D eigenvalue weighted by Crippen LogP contribution is 2.58. The minimum Gasteiger partial charge on any atom is -0.360 e. The van der Waals surface area contributed by atoms with E-state index in [4.69, 9.17) is 0 Å². The van der Waals surface area contributed by atoms with E-state index < -0.39 is 0 Å². The van der Waals surface area contributed by atoms with Gasteiger partial charge in [-0.2, -0.15) is 5.26 Å². The molecule has 0 radical (unpaired) electrons. The lowest BCUT2D eigenvalue weighted by Crippen LogP contribution is -2.58. The summed E-state index contributed by atoms with van der Waals surface area (Å²) in [4.78, 5) is 4.05. The Morgan fingerprint density at radius 3 is 2.06 bits per heavy atom. The van der Waals surface area contributed by atoms with Crippen LogP contribution in [-0.2, 0) is 0 Å². The highest BCUT2D eigenvalue weighted by molar-refractivity contribution is 9.11. The van der Waals surface area contributed by atoms with Gasteiger partial charge < -0.3 is 4.90 Å². The Morgan fingerprint density at radius 2 is 1.71 bits per heavy atom. The van der Waals surface area contributed by atoms with Gasteiger partial charge in [-0.25, -0.2) is 0 Å². The number of allylic oxidation sites excluding steroid dienone is 1. The van der Waals surface area contributed by atoms with Crippen LogP contribution in [0.4, 0.5) is 0 Å². The fraction of sp³-hybridized carbons (Fsp3) is 0.786. The van der Waals surface area contributed by atoms with Crippen LogP contribution < -0.4 is 0 Å². The summed E-state index contributed by atoms with van der Waals surface area (Å²) in [5, 5.41) is 9.21. The van der Waals surface area contributed by atoms with Gasteiger partial charge in [0.2, 0.25) is 0 Å². The summed E-state index contributed by atoms with van der Waals surface area (Å²) in [5.41, 5.74) is 1.08. The van der Waals surface area contributed by atoms with Crippen LogP contribution in [0.15, 0.2) is 10.7 Å². The van der Waals surface area contributed by atoms with E-state index in [1.165, 1.54) is 38.5 Å². The van der Waals surface area contributed by atoms with Gasteiger partial charge in [-0.15, -0.1) is 0 Å². The number of nitriles is 1. The Kier molecular flexibility index (Phi) is 2.74. The molecule has 0 spiro atoms. The molecule has 0 aromatic carbocycles. The van der Waals surface area contributed by atoms with Gasteiger partial charge in [0.25, 0.3) is 0 Å². The van der Waals surface area contributed by atoms with Gasteiger partial charge in [0, 0.05) is 17.6 Å². The summed E-state index contributed by atoms with van der Waals surface area (Å²) < 4.78 is 0. The van der Waals surface area contributed by atoms with E-state index in [-0.39, 0.29) is 0 Å². The molecule has 92 valence electrons. The lowest BCUT2D eigenvalue weighted by atomic mass is 9.52. The summed E-state index contributed by atoms with van der Waals surface area (Å²) in [6.45, 7) is 0. The molecular formula is C14H19BrN2. The molecule has 4 bridgehead atoms. The second-order valence-electron chi connectivity index (χ2n) is 6.31. The molecule has 0 unspecified atom stereocenters. The van der Waals surface area contributed by atoms with E-state index in [9.17, 15) is 5.26 Å². The zero-order valence-electron chi connectivity index (χ0n) is 10.3. The van der Waals surface area contributed by atoms with Crippen molar-refractivity contribution >= 4 is 15.9 Å². The van der Waals surface area contributed by atoms with E-state index in [0.717, 1.165) is 23.5 Å². The van der Waals surface area contributed by atoms with Crippen molar-refractivity contribution in [3.63, 3.8) is 0 Å². The molecule has 0 amide bonds. The molecule has 2 nitrogen and oxygen atoms in total. The minimum absolute atomic E-state index is 0.296. The fourth-order valence-corrected chi connectivity index (χ4v) is 5.31. The van der Waals surface area contributed by atoms with E-state index >= 15 is 0 Å². The van der Waals surface area contributed by atoms with Crippen molar-refractivity contribution in [2.75, 3.05) is 7.05 Å². The largest absolute Gasteiger partial charge is 0.360 e. The number of rotatable bonds is 2. The fourth-order valence-electron chi connectivity index (χ4n) is 4.90. The topological polar surface area (TPSA) is 27.0 Å². The first-order chi connectivity index (χ1) is 8.16. The maximum atomic E-state index is 9.21. The lowest BCUT2D eigenvalue weighted by molar-refractivity contribution is -0.0649. The number of hydrogen-bond acceptors (Lipinski definition) is 2. The Labute approximate surface area is 112 Å². The van der Waals surface area contributed by atoms with Gasteiger partial charge in [0.15, 0.2) is 0 Å². The van der Waals surface area contributed by atoms with E-state index in [0.29, 0.717) is 5.54 Å². The van der Waals surface area contributed by atoms with Gasteiger partial charge in [-0.05, 0) is 56.3 Å². The number of hydrogen-bond donors (Lipinski definition) is 0. The normalized spacial score (nSPS) is 43.6. The SMILES string of the molecule is CN(/C(C#N)=C/Br)C12CC3CC(CC(C3)C1)C2. The van der Waals surface area contributed by atoms with Crippen LogP contribution in [0.5, 0.6) is 0 Å². The molecule has 4 aliphatic rings. The standard InChI is InChI=1S/C14H19BrN2/c1-17(13(8-15)9-16)14-5-10-2-11(6-14)4-12(3-10)7-14/h8,10-12H,2-7H2,1H3/b13-8+. The van der Waals surface area contributed by atoms with Crippen LogP contribution in [0.1, 0.15) is 38.5 Å². The van der Waals surface area contributed by atoms with Crippen molar-refractivity contribution in [1.29, 1.82) is 5.26 Å². The summed E-state index contributed by atoms with van der Waals surface area (Å²) >= 11 is 3.33. The van der Waals surface area contributed by atoms with Crippen molar-refractivity contribution in [2.24, 2.45) is 17.8 Å². The molecule has 0 atom stereocenters. The second-order valence-corrected chi connectivity index (χ2v) is 6.76. The van der Waals surface area contributed by atoms with Gasteiger partial charge in [0.1, 0.15) is 11.8 Å². The third-order valence-electron chi connectivity index (χ3n) is 5.30. The zero-order chi connectivity index (χ0) is 12.0. The van der Waals surface area contributed by atoms with Crippen LogP contribution in [-0.4, -0.2) is 17.5 Å². The van der Waals surface area contributed by atoms with Crippen LogP contribution in [0.25, 0.3) is 0 Å². The highest BCUT2D eigenvalue weighted by Gasteiger charge is 2.53. The van der Waals surface area contributed by atoms with E-state index in [1.54, 1.807) is 4.99 Å². The third-order valence-corrected chi connectivity index (χ3v) is 5.73. The highest BCUT2D eigenvalue weighted by atomic mass is 79.9. The molecule has 0 aromatic rings. The molecular weight excluding hydrogens is 276 g/mol. The molecule has 17 heavy (non-hydrogen) atoms. The van der Waals surface area contributed by atoms with Gasteiger partial charge in [0.05, 0.1) is 0 Å².